The van der Waals surface area contributed by atoms with Crippen LogP contribution in [0.1, 0.15) is 54.8 Å². The smallest absolute Gasteiger partial charge is 0.358 e. The molecule has 0 saturated carbocycles. The zero-order chi connectivity index (χ0) is 37.6. The van der Waals surface area contributed by atoms with Crippen LogP contribution in [0.4, 0.5) is 0 Å². The molecule has 2 N–H and O–H groups in total. The maximum absolute atomic E-state index is 14.8. The van der Waals surface area contributed by atoms with Gasteiger partial charge in [-0.25, -0.2) is 4.79 Å². The Morgan fingerprint density at radius 2 is 1.29 bits per heavy atom. The highest BCUT2D eigenvalue weighted by Crippen LogP contribution is 2.50. The number of carbonyl (C=O) groups is 5. The van der Waals surface area contributed by atoms with E-state index in [1.165, 1.54) is 24.9 Å². The number of likely N-dealkylation sites (tertiary alicyclic amines) is 1. The molecular weight excluding hydrogens is 679 g/mol. The van der Waals surface area contributed by atoms with Gasteiger partial charge in [0, 0.05) is 31.5 Å². The van der Waals surface area contributed by atoms with Crippen molar-refractivity contribution < 1.29 is 38.6 Å². The number of benzene rings is 4. The van der Waals surface area contributed by atoms with E-state index < -0.39 is 60.8 Å². The standard InChI is InChI=1S/C41H43N2O8P/c1-27(44)35-33(25-34(45)28-16-15-17-29(24-28)36(46)42-5)43(37(35)47)38(39(48)50-26-51-40(49)41(2,3)4)52(30-18-9-6-10-19-30,31-20-11-7-12-21-31)32-22-13-8-14-23-32/h6-24,27,33,35,44H,25-26H2,1-5H3,(H,42,46)/t27-,33-,35-/m1/s1. The number of esters is 2. The van der Waals surface area contributed by atoms with Crippen molar-refractivity contribution in [1.29, 1.82) is 0 Å². The lowest BCUT2D eigenvalue weighted by atomic mass is 9.79. The van der Waals surface area contributed by atoms with Crippen LogP contribution >= 0.6 is 6.89 Å². The molecule has 0 aromatic heterocycles. The Hall–Kier alpha value is -5.31. The summed E-state index contributed by atoms with van der Waals surface area (Å²) in [5.74, 6) is -3.86. The number of carbonyl (C=O) groups excluding carboxylic acids is 5. The average Bonchev–Trinajstić information content (AvgIpc) is 3.14. The zero-order valence-electron chi connectivity index (χ0n) is 29.8. The van der Waals surface area contributed by atoms with Crippen molar-refractivity contribution in [2.24, 2.45) is 11.3 Å². The van der Waals surface area contributed by atoms with Crippen LogP contribution in [0.5, 0.6) is 0 Å². The first-order valence-corrected chi connectivity index (χ1v) is 18.8. The lowest BCUT2D eigenvalue weighted by Gasteiger charge is -2.50. The second-order valence-electron chi connectivity index (χ2n) is 13.6. The number of hydrogen-bond acceptors (Lipinski definition) is 8. The largest absolute Gasteiger partial charge is 0.427 e. The summed E-state index contributed by atoms with van der Waals surface area (Å²) in [7, 11) is 1.49. The lowest BCUT2D eigenvalue weighted by molar-refractivity contribution is -0.171. The van der Waals surface area contributed by atoms with E-state index in [1.807, 2.05) is 91.0 Å². The second kappa shape index (κ2) is 15.9. The predicted octanol–water partition coefficient (Wildman–Crippen LogP) is 4.04. The van der Waals surface area contributed by atoms with E-state index in [1.54, 1.807) is 39.0 Å². The van der Waals surface area contributed by atoms with Crippen LogP contribution in [-0.2, 0) is 23.9 Å². The molecule has 2 amide bonds. The molecule has 270 valence electrons. The van der Waals surface area contributed by atoms with Crippen LogP contribution in [0.25, 0.3) is 0 Å². The number of amides is 2. The summed E-state index contributed by atoms with van der Waals surface area (Å²) < 4.78 is 11.1. The van der Waals surface area contributed by atoms with Crippen molar-refractivity contribution in [3.05, 3.63) is 126 Å². The molecule has 0 aliphatic carbocycles. The van der Waals surface area contributed by atoms with Gasteiger partial charge in [-0.2, -0.15) is 0 Å². The normalized spacial score (nSPS) is 16.3. The van der Waals surface area contributed by atoms with E-state index in [0.29, 0.717) is 0 Å². The van der Waals surface area contributed by atoms with E-state index in [-0.39, 0.29) is 28.9 Å². The van der Waals surface area contributed by atoms with Gasteiger partial charge in [0.15, 0.2) is 5.78 Å². The van der Waals surface area contributed by atoms with Crippen LogP contribution in [-0.4, -0.2) is 70.9 Å². The quantitative estimate of drug-likeness (QED) is 0.0735. The number of aliphatic hydroxyl groups excluding tert-OH is 1. The molecule has 0 radical (unpaired) electrons. The highest BCUT2D eigenvalue weighted by atomic mass is 31.2. The fourth-order valence-corrected chi connectivity index (χ4v) is 10.8. The molecule has 0 unspecified atom stereocenters. The second-order valence-corrected chi connectivity index (χ2v) is 16.9. The summed E-state index contributed by atoms with van der Waals surface area (Å²) in [5.41, 5.74) is -0.378. The number of Topliss-reactive ketones (excluding diaryl/α,β-unsaturated/α-hetero) is 1. The number of nitrogens with one attached hydrogen (secondary N) is 1. The molecule has 4 aromatic rings. The Labute approximate surface area is 303 Å². The number of hydrogen-bond donors (Lipinski definition) is 2. The van der Waals surface area contributed by atoms with Gasteiger partial charge in [-0.3, -0.25) is 19.2 Å². The topological polar surface area (TPSA) is 139 Å². The fraction of sp³-hybridized carbons (Fsp3) is 0.268. The van der Waals surface area contributed by atoms with Crippen LogP contribution < -0.4 is 21.2 Å². The zero-order valence-corrected chi connectivity index (χ0v) is 30.7. The summed E-state index contributed by atoms with van der Waals surface area (Å²) in [5, 5.41) is 15.7. The maximum atomic E-state index is 14.8. The van der Waals surface area contributed by atoms with E-state index >= 15 is 0 Å². The third kappa shape index (κ3) is 7.49. The molecule has 10 nitrogen and oxygen atoms in total. The minimum Gasteiger partial charge on any atom is -0.427 e. The molecule has 1 aliphatic heterocycles. The molecule has 11 heteroatoms. The molecule has 4 aromatic carbocycles. The number of ether oxygens (including phenoxy) is 2. The number of aliphatic hydroxyl groups is 1. The van der Waals surface area contributed by atoms with Gasteiger partial charge in [0.25, 0.3) is 5.91 Å². The molecule has 1 fully saturated rings. The molecule has 0 spiro atoms. The first kappa shape index (κ1) is 37.9. The number of rotatable bonds is 12. The van der Waals surface area contributed by atoms with Crippen molar-refractivity contribution in [2.45, 2.75) is 46.3 Å². The number of ketones is 1. The summed E-state index contributed by atoms with van der Waals surface area (Å²) >= 11 is 0. The summed E-state index contributed by atoms with van der Waals surface area (Å²) in [6.07, 6.45) is -1.44. The molecule has 0 bridgehead atoms. The van der Waals surface area contributed by atoms with Gasteiger partial charge in [-0.1, -0.05) is 103 Å². The molecule has 1 heterocycles. The molecule has 5 rings (SSSR count). The van der Waals surface area contributed by atoms with Gasteiger partial charge in [0.1, 0.15) is 5.42 Å². The van der Waals surface area contributed by atoms with Crippen LogP contribution in [0.3, 0.4) is 0 Å². The van der Waals surface area contributed by atoms with Crippen LogP contribution in [0, 0.1) is 11.3 Å². The molecule has 52 heavy (non-hydrogen) atoms. The Kier molecular flexibility index (Phi) is 11.6. The van der Waals surface area contributed by atoms with E-state index in [9.17, 15) is 29.1 Å². The fourth-order valence-electron chi connectivity index (χ4n) is 6.44. The Morgan fingerprint density at radius 3 is 1.75 bits per heavy atom. The van der Waals surface area contributed by atoms with Gasteiger partial charge in [-0.05, 0) is 55.7 Å². The monoisotopic (exact) mass is 722 g/mol. The molecule has 1 saturated heterocycles. The molecular formula is C41H43N2O8P. The van der Waals surface area contributed by atoms with Crippen molar-refractivity contribution >= 4 is 57.8 Å². The minimum atomic E-state index is -3.35. The SMILES string of the molecule is CNC(=O)c1cccc(C(=O)C[C@@H]2[C@@H]([C@@H](C)O)C(=O)N2C(C(=O)OCOC(=O)C(C)(C)C)=P(c2ccccc2)(c2ccccc2)c2ccccc2)c1. The Morgan fingerprint density at radius 1 is 0.788 bits per heavy atom. The van der Waals surface area contributed by atoms with E-state index in [0.717, 1.165) is 15.9 Å². The van der Waals surface area contributed by atoms with Gasteiger partial charge >= 0.3 is 11.9 Å². The Bertz CT molecular complexity index is 1900. The van der Waals surface area contributed by atoms with Crippen LogP contribution in [0.15, 0.2) is 115 Å². The maximum Gasteiger partial charge on any atom is 0.358 e. The predicted molar refractivity (Wildman–Crippen MR) is 201 cm³/mol. The van der Waals surface area contributed by atoms with Crippen molar-refractivity contribution in [3.63, 3.8) is 0 Å². The van der Waals surface area contributed by atoms with Crippen molar-refractivity contribution in [2.75, 3.05) is 13.8 Å². The average molecular weight is 723 g/mol. The van der Waals surface area contributed by atoms with Gasteiger partial charge in [-0.15, -0.1) is 0 Å². The third-order valence-electron chi connectivity index (χ3n) is 9.01. The third-order valence-corrected chi connectivity index (χ3v) is 13.3. The summed E-state index contributed by atoms with van der Waals surface area (Å²) in [6.45, 7) is 2.43. The van der Waals surface area contributed by atoms with E-state index in [4.69, 9.17) is 9.47 Å². The van der Waals surface area contributed by atoms with Crippen LogP contribution in [0.2, 0.25) is 0 Å². The Balaban J connectivity index is 1.78. The highest BCUT2D eigenvalue weighted by Gasteiger charge is 2.55. The van der Waals surface area contributed by atoms with Crippen molar-refractivity contribution in [3.8, 4) is 0 Å². The lowest BCUT2D eigenvalue weighted by Crippen LogP contribution is -2.68. The highest BCUT2D eigenvalue weighted by molar-refractivity contribution is 7.96. The molecule has 1 aliphatic rings. The van der Waals surface area contributed by atoms with Gasteiger partial charge < -0.3 is 24.8 Å². The number of nitrogens with zero attached hydrogens (tertiary/aromatic N) is 1. The first-order valence-electron chi connectivity index (χ1n) is 17.0. The van der Waals surface area contributed by atoms with E-state index in [2.05, 4.69) is 5.32 Å². The van der Waals surface area contributed by atoms with Gasteiger partial charge in [0.05, 0.1) is 23.5 Å². The number of β-lactam (4-membered cyclic amide) rings is 1. The summed E-state index contributed by atoms with van der Waals surface area (Å²) in [6, 6.07) is 33.2. The minimum absolute atomic E-state index is 0.0262. The van der Waals surface area contributed by atoms with Gasteiger partial charge in [0.2, 0.25) is 12.7 Å². The first-order chi connectivity index (χ1) is 24.8. The van der Waals surface area contributed by atoms with Crippen molar-refractivity contribution in [1.82, 2.24) is 10.2 Å². The summed E-state index contributed by atoms with van der Waals surface area (Å²) in [4.78, 5) is 69.6. The molecule has 3 atom stereocenters.